The van der Waals surface area contributed by atoms with Crippen LogP contribution in [0.3, 0.4) is 0 Å². The number of benzene rings is 2. The summed E-state index contributed by atoms with van der Waals surface area (Å²) in [5.74, 6) is -0.445. The molecule has 2 atom stereocenters. The standard InChI is InChI=1S/C21H28N2O3.ClH/c1-3-25-12-13-26-15-17-8-7-11-19(14-17)23-21(24)16(2)20(22)18-9-5-4-6-10-18;/h4-11,14,16,20H,3,12-13,15,22H2,1-2H3,(H,23,24);1H. The first-order valence-corrected chi connectivity index (χ1v) is 8.97. The van der Waals surface area contributed by atoms with Gasteiger partial charge in [0.05, 0.1) is 25.7 Å². The SMILES string of the molecule is CCOCCOCc1cccc(NC(=O)C(C)C(N)c2ccccc2)c1.Cl. The molecule has 2 rings (SSSR count). The molecule has 0 aliphatic heterocycles. The number of carbonyl (C=O) groups excluding carboxylic acids is 1. The maximum absolute atomic E-state index is 12.5. The van der Waals surface area contributed by atoms with Crippen molar-refractivity contribution in [3.63, 3.8) is 0 Å². The van der Waals surface area contributed by atoms with Crippen LogP contribution in [0.2, 0.25) is 0 Å². The van der Waals surface area contributed by atoms with Gasteiger partial charge in [0.15, 0.2) is 0 Å². The van der Waals surface area contributed by atoms with Crippen LogP contribution in [-0.4, -0.2) is 25.7 Å². The minimum absolute atomic E-state index is 0. The third-order valence-electron chi connectivity index (χ3n) is 4.18. The number of hydrogen-bond acceptors (Lipinski definition) is 4. The molecule has 2 unspecified atom stereocenters. The molecule has 27 heavy (non-hydrogen) atoms. The molecule has 3 N–H and O–H groups in total. The number of ether oxygens (including phenoxy) is 2. The minimum Gasteiger partial charge on any atom is -0.379 e. The molecule has 0 spiro atoms. The zero-order chi connectivity index (χ0) is 18.8. The molecule has 0 radical (unpaired) electrons. The first-order valence-electron chi connectivity index (χ1n) is 8.97. The van der Waals surface area contributed by atoms with Gasteiger partial charge >= 0.3 is 0 Å². The zero-order valence-electron chi connectivity index (χ0n) is 15.9. The topological polar surface area (TPSA) is 73.6 Å². The van der Waals surface area contributed by atoms with Gasteiger partial charge in [0, 0.05) is 18.3 Å². The van der Waals surface area contributed by atoms with Gasteiger partial charge in [-0.2, -0.15) is 0 Å². The monoisotopic (exact) mass is 392 g/mol. The van der Waals surface area contributed by atoms with Gasteiger partial charge in [-0.3, -0.25) is 4.79 Å². The van der Waals surface area contributed by atoms with Crippen LogP contribution in [0, 0.1) is 5.92 Å². The number of nitrogens with one attached hydrogen (secondary N) is 1. The van der Waals surface area contributed by atoms with Crippen LogP contribution in [-0.2, 0) is 20.9 Å². The third-order valence-corrected chi connectivity index (χ3v) is 4.18. The van der Waals surface area contributed by atoms with E-state index in [9.17, 15) is 4.79 Å². The number of amides is 1. The van der Waals surface area contributed by atoms with E-state index < -0.39 is 0 Å². The molecule has 2 aromatic carbocycles. The summed E-state index contributed by atoms with van der Waals surface area (Å²) in [5, 5.41) is 2.94. The quantitative estimate of drug-likeness (QED) is 0.600. The summed E-state index contributed by atoms with van der Waals surface area (Å²) in [6.45, 7) is 6.10. The largest absolute Gasteiger partial charge is 0.379 e. The molecule has 0 saturated heterocycles. The normalized spacial score (nSPS) is 12.7. The highest BCUT2D eigenvalue weighted by Gasteiger charge is 2.22. The Hall–Kier alpha value is -1.92. The van der Waals surface area contributed by atoms with Crippen LogP contribution in [0.5, 0.6) is 0 Å². The summed E-state index contributed by atoms with van der Waals surface area (Å²) in [5.41, 5.74) is 8.93. The molecule has 0 heterocycles. The van der Waals surface area contributed by atoms with Crippen molar-refractivity contribution < 1.29 is 14.3 Å². The highest BCUT2D eigenvalue weighted by atomic mass is 35.5. The minimum atomic E-state index is -0.346. The Morgan fingerprint density at radius 3 is 2.48 bits per heavy atom. The van der Waals surface area contributed by atoms with Crippen molar-refractivity contribution in [2.45, 2.75) is 26.5 Å². The van der Waals surface area contributed by atoms with Crippen molar-refractivity contribution in [3.8, 4) is 0 Å². The molecular weight excluding hydrogens is 364 g/mol. The van der Waals surface area contributed by atoms with E-state index >= 15 is 0 Å². The van der Waals surface area contributed by atoms with E-state index in [1.165, 1.54) is 0 Å². The fourth-order valence-corrected chi connectivity index (χ4v) is 2.57. The van der Waals surface area contributed by atoms with Gasteiger partial charge in [-0.15, -0.1) is 12.4 Å². The van der Waals surface area contributed by atoms with Gasteiger partial charge < -0.3 is 20.5 Å². The van der Waals surface area contributed by atoms with Gasteiger partial charge in [-0.25, -0.2) is 0 Å². The molecule has 0 fully saturated rings. The van der Waals surface area contributed by atoms with E-state index in [0.29, 0.717) is 26.4 Å². The predicted molar refractivity (Wildman–Crippen MR) is 111 cm³/mol. The Labute approximate surface area is 167 Å². The van der Waals surface area contributed by atoms with Crippen LogP contribution in [0.4, 0.5) is 5.69 Å². The van der Waals surface area contributed by atoms with Crippen LogP contribution in [0.15, 0.2) is 54.6 Å². The van der Waals surface area contributed by atoms with Gasteiger partial charge in [0.1, 0.15) is 0 Å². The summed E-state index contributed by atoms with van der Waals surface area (Å²) in [6, 6.07) is 17.0. The lowest BCUT2D eigenvalue weighted by Crippen LogP contribution is -2.30. The average Bonchev–Trinajstić information content (AvgIpc) is 2.67. The van der Waals surface area contributed by atoms with E-state index in [-0.39, 0.29) is 30.3 Å². The Morgan fingerprint density at radius 1 is 1.07 bits per heavy atom. The average molecular weight is 393 g/mol. The van der Waals surface area contributed by atoms with Crippen molar-refractivity contribution in [1.29, 1.82) is 0 Å². The molecule has 0 aromatic heterocycles. The molecule has 148 valence electrons. The number of nitrogens with two attached hydrogens (primary N) is 1. The first-order chi connectivity index (χ1) is 12.6. The number of carbonyl (C=O) groups is 1. The second-order valence-electron chi connectivity index (χ2n) is 6.16. The lowest BCUT2D eigenvalue weighted by atomic mass is 9.94. The van der Waals surface area contributed by atoms with Crippen molar-refractivity contribution in [2.75, 3.05) is 25.1 Å². The predicted octanol–water partition coefficient (Wildman–Crippen LogP) is 3.94. The Balaban J connectivity index is 0.00000364. The number of hydrogen-bond donors (Lipinski definition) is 2. The lowest BCUT2D eigenvalue weighted by Gasteiger charge is -2.20. The van der Waals surface area contributed by atoms with Crippen LogP contribution in [0.25, 0.3) is 0 Å². The second-order valence-corrected chi connectivity index (χ2v) is 6.16. The van der Waals surface area contributed by atoms with Gasteiger partial charge in [0.25, 0.3) is 0 Å². The molecule has 2 aromatic rings. The highest BCUT2D eigenvalue weighted by molar-refractivity contribution is 5.92. The summed E-state index contributed by atoms with van der Waals surface area (Å²) in [4.78, 5) is 12.5. The van der Waals surface area contributed by atoms with Gasteiger partial charge in [0.2, 0.25) is 5.91 Å². The number of halogens is 1. The molecular formula is C21H29ClN2O3. The molecule has 0 saturated carbocycles. The van der Waals surface area contributed by atoms with Gasteiger partial charge in [-0.1, -0.05) is 49.4 Å². The summed E-state index contributed by atoms with van der Waals surface area (Å²) in [6.07, 6.45) is 0. The summed E-state index contributed by atoms with van der Waals surface area (Å²) >= 11 is 0. The van der Waals surface area contributed by atoms with E-state index in [1.807, 2.05) is 68.4 Å². The zero-order valence-corrected chi connectivity index (χ0v) is 16.7. The second kappa shape index (κ2) is 12.5. The van der Waals surface area contributed by atoms with Crippen LogP contribution >= 0.6 is 12.4 Å². The van der Waals surface area contributed by atoms with Crippen molar-refractivity contribution >= 4 is 24.0 Å². The molecule has 0 bridgehead atoms. The van der Waals surface area contributed by atoms with E-state index in [4.69, 9.17) is 15.2 Å². The Morgan fingerprint density at radius 2 is 1.78 bits per heavy atom. The van der Waals surface area contributed by atoms with E-state index in [0.717, 1.165) is 16.8 Å². The smallest absolute Gasteiger partial charge is 0.229 e. The van der Waals surface area contributed by atoms with Gasteiger partial charge in [-0.05, 0) is 30.2 Å². The van der Waals surface area contributed by atoms with E-state index in [2.05, 4.69) is 5.32 Å². The van der Waals surface area contributed by atoms with E-state index in [1.54, 1.807) is 0 Å². The molecule has 6 heteroatoms. The van der Waals surface area contributed by atoms with Crippen molar-refractivity contribution in [3.05, 3.63) is 65.7 Å². The fraction of sp³-hybridized carbons (Fsp3) is 0.381. The number of rotatable bonds is 10. The van der Waals surface area contributed by atoms with Crippen molar-refractivity contribution in [2.24, 2.45) is 11.7 Å². The maximum Gasteiger partial charge on any atom is 0.229 e. The molecule has 1 amide bonds. The van der Waals surface area contributed by atoms with Crippen LogP contribution in [0.1, 0.15) is 31.0 Å². The summed E-state index contributed by atoms with van der Waals surface area (Å²) < 4.78 is 10.8. The third kappa shape index (κ3) is 7.69. The highest BCUT2D eigenvalue weighted by Crippen LogP contribution is 2.21. The lowest BCUT2D eigenvalue weighted by molar-refractivity contribution is -0.120. The molecule has 5 nitrogen and oxygen atoms in total. The fourth-order valence-electron chi connectivity index (χ4n) is 2.57. The Bertz CT molecular complexity index is 682. The van der Waals surface area contributed by atoms with Crippen molar-refractivity contribution in [1.82, 2.24) is 0 Å². The first kappa shape index (κ1) is 23.1. The Kier molecular flexibility index (Phi) is 10.7. The van der Waals surface area contributed by atoms with Crippen LogP contribution < -0.4 is 11.1 Å². The summed E-state index contributed by atoms with van der Waals surface area (Å²) in [7, 11) is 0. The molecule has 0 aliphatic carbocycles. The number of anilines is 1. The molecule has 0 aliphatic rings. The maximum atomic E-state index is 12.5.